The van der Waals surface area contributed by atoms with Gasteiger partial charge in [-0.15, -0.1) is 0 Å². The predicted octanol–water partition coefficient (Wildman–Crippen LogP) is 5.03. The molecule has 0 aromatic heterocycles. The molecule has 0 amide bonds. The first kappa shape index (κ1) is 16.6. The lowest BCUT2D eigenvalue weighted by molar-refractivity contribution is -0.137. The molecule has 2 aromatic carbocycles. The largest absolute Gasteiger partial charge is 0.416 e. The SMILES string of the molecule is N#CC1=C[C@H]2c3ccccc3[C@H](c3ccc(C(F)(F)F)cc3)[C@H]3COC[C@@]132. The second kappa shape index (κ2) is 5.46. The maximum Gasteiger partial charge on any atom is 0.416 e. The summed E-state index contributed by atoms with van der Waals surface area (Å²) >= 11 is 0. The van der Waals surface area contributed by atoms with Crippen LogP contribution in [-0.4, -0.2) is 13.2 Å². The van der Waals surface area contributed by atoms with E-state index < -0.39 is 11.7 Å². The van der Waals surface area contributed by atoms with Gasteiger partial charge in [-0.3, -0.25) is 0 Å². The molecule has 1 fully saturated rings. The van der Waals surface area contributed by atoms with Crippen molar-refractivity contribution in [3.8, 4) is 6.07 Å². The molecule has 1 heterocycles. The summed E-state index contributed by atoms with van der Waals surface area (Å²) in [6.45, 7) is 1.00. The van der Waals surface area contributed by atoms with E-state index in [0.29, 0.717) is 13.2 Å². The second-order valence-corrected chi connectivity index (χ2v) is 7.56. The minimum Gasteiger partial charge on any atom is -0.380 e. The highest BCUT2D eigenvalue weighted by molar-refractivity contribution is 5.58. The van der Waals surface area contributed by atoms with Gasteiger partial charge in [-0.25, -0.2) is 0 Å². The lowest BCUT2D eigenvalue weighted by Gasteiger charge is -2.53. The maximum absolute atomic E-state index is 13.0. The van der Waals surface area contributed by atoms with Gasteiger partial charge in [0.25, 0.3) is 0 Å². The highest BCUT2D eigenvalue weighted by Crippen LogP contribution is 2.67. The van der Waals surface area contributed by atoms with Gasteiger partial charge in [0.15, 0.2) is 0 Å². The van der Waals surface area contributed by atoms with E-state index in [1.165, 1.54) is 0 Å². The highest BCUT2D eigenvalue weighted by Gasteiger charge is 2.63. The standard InChI is InChI=1S/C22H16F3NO/c23-22(24,25)14-7-5-13(6-8-14)20-17-4-2-1-3-16(17)18-9-15(10-26)21(18)12-27-11-19(20)21/h1-9,18-20H,11-12H2/t18-,19+,20-,21-/m0/s1. The van der Waals surface area contributed by atoms with Gasteiger partial charge in [0.1, 0.15) is 0 Å². The van der Waals surface area contributed by atoms with Crippen LogP contribution >= 0.6 is 0 Å². The van der Waals surface area contributed by atoms with Crippen LogP contribution in [0.1, 0.15) is 34.1 Å². The van der Waals surface area contributed by atoms with Crippen molar-refractivity contribution < 1.29 is 17.9 Å². The first-order valence-electron chi connectivity index (χ1n) is 8.93. The van der Waals surface area contributed by atoms with Gasteiger partial charge in [0.2, 0.25) is 0 Å². The summed E-state index contributed by atoms with van der Waals surface area (Å²) in [6.07, 6.45) is -2.33. The summed E-state index contributed by atoms with van der Waals surface area (Å²) < 4.78 is 44.7. The molecule has 1 saturated heterocycles. The number of hydrogen-bond donors (Lipinski definition) is 0. The van der Waals surface area contributed by atoms with Crippen LogP contribution in [0.25, 0.3) is 0 Å². The molecular formula is C22H16F3NO. The zero-order chi connectivity index (χ0) is 18.8. The molecule has 2 nitrogen and oxygen atoms in total. The normalized spacial score (nSPS) is 31.0. The van der Waals surface area contributed by atoms with Gasteiger partial charge in [0, 0.05) is 28.7 Å². The molecule has 1 aliphatic heterocycles. The number of halogens is 3. The van der Waals surface area contributed by atoms with Crippen LogP contribution in [0.15, 0.2) is 60.2 Å². The van der Waals surface area contributed by atoms with Gasteiger partial charge in [0.05, 0.1) is 24.8 Å². The zero-order valence-electron chi connectivity index (χ0n) is 14.3. The van der Waals surface area contributed by atoms with Crippen LogP contribution in [0.4, 0.5) is 13.2 Å². The molecule has 0 unspecified atom stereocenters. The van der Waals surface area contributed by atoms with Crippen molar-refractivity contribution in [1.29, 1.82) is 5.26 Å². The van der Waals surface area contributed by atoms with E-state index in [-0.39, 0.29) is 23.2 Å². The summed E-state index contributed by atoms with van der Waals surface area (Å²) in [6, 6.07) is 15.8. The Kier molecular flexibility index (Phi) is 3.36. The molecule has 27 heavy (non-hydrogen) atoms. The summed E-state index contributed by atoms with van der Waals surface area (Å²) in [5.41, 5.74) is 2.88. The monoisotopic (exact) mass is 367 g/mol. The molecule has 0 radical (unpaired) electrons. The van der Waals surface area contributed by atoms with Crippen molar-refractivity contribution >= 4 is 0 Å². The number of hydrogen-bond acceptors (Lipinski definition) is 2. The molecule has 5 heteroatoms. The highest BCUT2D eigenvalue weighted by atomic mass is 19.4. The fourth-order valence-corrected chi connectivity index (χ4v) is 5.24. The summed E-state index contributed by atoms with van der Waals surface area (Å²) in [7, 11) is 0. The smallest absolute Gasteiger partial charge is 0.380 e. The van der Waals surface area contributed by atoms with E-state index in [1.807, 2.05) is 18.2 Å². The second-order valence-electron chi connectivity index (χ2n) is 7.56. The molecule has 136 valence electrons. The van der Waals surface area contributed by atoms with E-state index in [0.717, 1.165) is 34.4 Å². The molecule has 1 spiro atoms. The van der Waals surface area contributed by atoms with Crippen LogP contribution in [-0.2, 0) is 10.9 Å². The number of ether oxygens (including phenoxy) is 1. The minimum absolute atomic E-state index is 0.0498. The van der Waals surface area contributed by atoms with Gasteiger partial charge in [-0.2, -0.15) is 18.4 Å². The molecular weight excluding hydrogens is 351 g/mol. The molecule has 5 rings (SSSR count). The first-order valence-corrected chi connectivity index (χ1v) is 8.93. The van der Waals surface area contributed by atoms with Crippen LogP contribution in [0.3, 0.4) is 0 Å². The molecule has 0 bridgehead atoms. The van der Waals surface area contributed by atoms with Crippen molar-refractivity contribution in [2.24, 2.45) is 11.3 Å². The third-order valence-electron chi connectivity index (χ3n) is 6.48. The fourth-order valence-electron chi connectivity index (χ4n) is 5.24. The topological polar surface area (TPSA) is 33.0 Å². The quantitative estimate of drug-likeness (QED) is 0.708. The molecule has 2 aliphatic carbocycles. The van der Waals surface area contributed by atoms with E-state index in [4.69, 9.17) is 4.74 Å². The maximum atomic E-state index is 13.0. The van der Waals surface area contributed by atoms with Crippen LogP contribution in [0.5, 0.6) is 0 Å². The van der Waals surface area contributed by atoms with E-state index in [9.17, 15) is 18.4 Å². The number of nitriles is 1. The number of rotatable bonds is 1. The van der Waals surface area contributed by atoms with Gasteiger partial charge in [-0.1, -0.05) is 42.5 Å². The minimum atomic E-state index is -4.35. The fraction of sp³-hybridized carbons (Fsp3) is 0.318. The summed E-state index contributed by atoms with van der Waals surface area (Å²) in [5.74, 6) is 0.106. The number of benzene rings is 2. The molecule has 4 atom stereocenters. The summed E-state index contributed by atoms with van der Waals surface area (Å²) in [5, 5.41) is 9.60. The third-order valence-corrected chi connectivity index (χ3v) is 6.48. The summed E-state index contributed by atoms with van der Waals surface area (Å²) in [4.78, 5) is 0. The van der Waals surface area contributed by atoms with Crippen LogP contribution in [0, 0.1) is 22.7 Å². The number of allylic oxidation sites excluding steroid dienone is 1. The zero-order valence-corrected chi connectivity index (χ0v) is 14.3. The van der Waals surface area contributed by atoms with Gasteiger partial charge >= 0.3 is 6.18 Å². The third kappa shape index (κ3) is 2.11. The predicted molar refractivity (Wildman–Crippen MR) is 92.9 cm³/mol. The molecule has 3 aliphatic rings. The Bertz CT molecular complexity index is 986. The van der Waals surface area contributed by atoms with Crippen molar-refractivity contribution in [2.45, 2.75) is 18.0 Å². The van der Waals surface area contributed by atoms with E-state index in [2.05, 4.69) is 18.2 Å². The lowest BCUT2D eigenvalue weighted by Crippen LogP contribution is -2.49. The first-order chi connectivity index (χ1) is 13.0. The van der Waals surface area contributed by atoms with Crippen molar-refractivity contribution in [3.63, 3.8) is 0 Å². The Morgan fingerprint density at radius 2 is 1.74 bits per heavy atom. The Hall–Kier alpha value is -2.58. The Morgan fingerprint density at radius 1 is 1.04 bits per heavy atom. The van der Waals surface area contributed by atoms with E-state index in [1.54, 1.807) is 12.1 Å². The molecule has 2 aromatic rings. The number of nitrogens with zero attached hydrogens (tertiary/aromatic N) is 1. The average Bonchev–Trinajstić information content (AvgIpc) is 3.10. The van der Waals surface area contributed by atoms with Gasteiger partial charge < -0.3 is 4.74 Å². The average molecular weight is 367 g/mol. The Balaban J connectivity index is 1.67. The molecule has 0 saturated carbocycles. The number of fused-ring (bicyclic) bond motifs is 2. The van der Waals surface area contributed by atoms with Crippen molar-refractivity contribution in [3.05, 3.63) is 82.4 Å². The van der Waals surface area contributed by atoms with Gasteiger partial charge in [-0.05, 0) is 28.8 Å². The van der Waals surface area contributed by atoms with Crippen molar-refractivity contribution in [1.82, 2.24) is 0 Å². The van der Waals surface area contributed by atoms with E-state index >= 15 is 0 Å². The Morgan fingerprint density at radius 3 is 2.41 bits per heavy atom. The van der Waals surface area contributed by atoms with Crippen molar-refractivity contribution in [2.75, 3.05) is 13.2 Å². The lowest BCUT2D eigenvalue weighted by atomic mass is 9.47. The number of alkyl halides is 3. The Labute approximate surface area is 154 Å². The van der Waals surface area contributed by atoms with Crippen LogP contribution < -0.4 is 0 Å². The van der Waals surface area contributed by atoms with Crippen LogP contribution in [0.2, 0.25) is 0 Å². The molecule has 0 N–H and O–H groups in total.